The van der Waals surface area contributed by atoms with Gasteiger partial charge in [-0.15, -0.1) is 0 Å². The van der Waals surface area contributed by atoms with E-state index in [2.05, 4.69) is 5.43 Å². The van der Waals surface area contributed by atoms with Gasteiger partial charge in [0.25, 0.3) is 0 Å². The fourth-order valence-electron chi connectivity index (χ4n) is 0.974. The lowest BCUT2D eigenvalue weighted by Crippen LogP contribution is -2.10. The van der Waals surface area contributed by atoms with Gasteiger partial charge in [0.15, 0.2) is 0 Å². The number of ether oxygens (including phenoxy) is 1. The zero-order valence-electron chi connectivity index (χ0n) is 7.71. The number of benzene rings is 1. The smallest absolute Gasteiger partial charge is 0.338 e. The van der Waals surface area contributed by atoms with Gasteiger partial charge in [-0.25, -0.2) is 9.18 Å². The van der Waals surface area contributed by atoms with E-state index in [9.17, 15) is 9.18 Å². The van der Waals surface area contributed by atoms with Crippen molar-refractivity contribution in [3.05, 3.63) is 29.6 Å². The molecule has 1 aromatic carbocycles. The van der Waals surface area contributed by atoms with E-state index >= 15 is 0 Å². The fourth-order valence-corrected chi connectivity index (χ4v) is 0.974. The predicted molar refractivity (Wildman–Crippen MR) is 50.2 cm³/mol. The van der Waals surface area contributed by atoms with Gasteiger partial charge < -0.3 is 10.2 Å². The number of hydrazine groups is 1. The van der Waals surface area contributed by atoms with Crippen molar-refractivity contribution in [3.63, 3.8) is 0 Å². The van der Waals surface area contributed by atoms with Crippen LogP contribution in [-0.2, 0) is 4.74 Å². The van der Waals surface area contributed by atoms with E-state index in [0.717, 1.165) is 6.07 Å². The van der Waals surface area contributed by atoms with Crippen LogP contribution in [0, 0.1) is 5.82 Å². The molecule has 0 fully saturated rings. The normalized spacial score (nSPS) is 9.64. The summed E-state index contributed by atoms with van der Waals surface area (Å²) in [4.78, 5) is 11.2. The molecule has 76 valence electrons. The summed E-state index contributed by atoms with van der Waals surface area (Å²) in [5.41, 5.74) is 2.47. The summed E-state index contributed by atoms with van der Waals surface area (Å²) in [6.45, 7) is 1.95. The Morgan fingerprint density at radius 1 is 1.64 bits per heavy atom. The molecule has 14 heavy (non-hydrogen) atoms. The Hall–Kier alpha value is -1.62. The largest absolute Gasteiger partial charge is 0.462 e. The van der Waals surface area contributed by atoms with Crippen LogP contribution in [-0.4, -0.2) is 12.6 Å². The molecule has 3 N–H and O–H groups in total. The SMILES string of the molecule is CCOC(=O)c1ccc(NN)c(F)c1. The molecule has 0 aromatic heterocycles. The van der Waals surface area contributed by atoms with Gasteiger partial charge in [-0.3, -0.25) is 5.84 Å². The Bertz CT molecular complexity index is 342. The molecular weight excluding hydrogens is 187 g/mol. The zero-order chi connectivity index (χ0) is 10.6. The second kappa shape index (κ2) is 4.57. The molecule has 0 radical (unpaired) electrons. The van der Waals surface area contributed by atoms with Crippen LogP contribution in [0.4, 0.5) is 10.1 Å². The summed E-state index contributed by atoms with van der Waals surface area (Å²) in [6, 6.07) is 3.89. The quantitative estimate of drug-likeness (QED) is 0.436. The Morgan fingerprint density at radius 2 is 2.36 bits per heavy atom. The van der Waals surface area contributed by atoms with Gasteiger partial charge in [-0.05, 0) is 25.1 Å². The van der Waals surface area contributed by atoms with Crippen LogP contribution >= 0.6 is 0 Å². The van der Waals surface area contributed by atoms with Gasteiger partial charge in [0, 0.05) is 0 Å². The number of anilines is 1. The van der Waals surface area contributed by atoms with Crippen LogP contribution in [0.2, 0.25) is 0 Å². The minimum atomic E-state index is -0.585. The summed E-state index contributed by atoms with van der Waals surface area (Å²) >= 11 is 0. The average Bonchev–Trinajstić information content (AvgIpc) is 2.18. The number of nitrogens with one attached hydrogen (secondary N) is 1. The van der Waals surface area contributed by atoms with E-state index in [4.69, 9.17) is 10.6 Å². The third kappa shape index (κ3) is 2.20. The topological polar surface area (TPSA) is 64.3 Å². The van der Waals surface area contributed by atoms with Crippen molar-refractivity contribution in [1.82, 2.24) is 0 Å². The van der Waals surface area contributed by atoms with E-state index in [1.54, 1.807) is 6.92 Å². The van der Waals surface area contributed by atoms with Gasteiger partial charge >= 0.3 is 5.97 Å². The van der Waals surface area contributed by atoms with Gasteiger partial charge in [-0.2, -0.15) is 0 Å². The second-order valence-electron chi connectivity index (χ2n) is 2.56. The Labute approximate surface area is 80.8 Å². The number of esters is 1. The summed E-state index contributed by atoms with van der Waals surface area (Å²) in [5.74, 6) is 3.90. The molecule has 1 rings (SSSR count). The highest BCUT2D eigenvalue weighted by molar-refractivity contribution is 5.89. The first-order chi connectivity index (χ1) is 6.69. The molecule has 0 heterocycles. The molecule has 0 atom stereocenters. The molecule has 0 bridgehead atoms. The highest BCUT2D eigenvalue weighted by atomic mass is 19.1. The lowest BCUT2D eigenvalue weighted by atomic mass is 10.2. The number of hydrogen-bond acceptors (Lipinski definition) is 4. The molecule has 0 unspecified atom stereocenters. The highest BCUT2D eigenvalue weighted by Crippen LogP contribution is 2.14. The fraction of sp³-hybridized carbons (Fsp3) is 0.222. The number of nitrogens with two attached hydrogens (primary N) is 1. The monoisotopic (exact) mass is 198 g/mol. The van der Waals surface area contributed by atoms with Gasteiger partial charge in [0.2, 0.25) is 0 Å². The van der Waals surface area contributed by atoms with E-state index in [1.807, 2.05) is 0 Å². The Balaban J connectivity index is 2.91. The number of carbonyl (C=O) groups excluding carboxylic acids is 1. The number of halogens is 1. The number of nitrogen functional groups attached to an aromatic ring is 1. The maximum absolute atomic E-state index is 13.1. The third-order valence-corrected chi connectivity index (χ3v) is 1.64. The van der Waals surface area contributed by atoms with Crippen LogP contribution in [0.1, 0.15) is 17.3 Å². The van der Waals surface area contributed by atoms with Gasteiger partial charge in [0.1, 0.15) is 5.82 Å². The molecule has 4 nitrogen and oxygen atoms in total. The average molecular weight is 198 g/mol. The predicted octanol–water partition coefficient (Wildman–Crippen LogP) is 1.29. The first kappa shape index (κ1) is 10.5. The summed E-state index contributed by atoms with van der Waals surface area (Å²) < 4.78 is 17.8. The first-order valence-corrected chi connectivity index (χ1v) is 4.12. The van der Waals surface area contributed by atoms with Gasteiger partial charge in [0.05, 0.1) is 17.9 Å². The second-order valence-corrected chi connectivity index (χ2v) is 2.56. The number of hydrogen-bond donors (Lipinski definition) is 2. The van der Waals surface area contributed by atoms with Crippen LogP contribution in [0.25, 0.3) is 0 Å². The first-order valence-electron chi connectivity index (χ1n) is 4.12. The van der Waals surface area contributed by atoms with Crippen LogP contribution in [0.5, 0.6) is 0 Å². The molecule has 0 aliphatic heterocycles. The van der Waals surface area contributed by atoms with E-state index < -0.39 is 11.8 Å². The molecule has 0 aliphatic carbocycles. The van der Waals surface area contributed by atoms with Crippen molar-refractivity contribution in [2.75, 3.05) is 12.0 Å². The van der Waals surface area contributed by atoms with Crippen molar-refractivity contribution >= 4 is 11.7 Å². The maximum atomic E-state index is 13.1. The van der Waals surface area contributed by atoms with E-state index in [-0.39, 0.29) is 17.9 Å². The number of rotatable bonds is 3. The molecular formula is C9H11FN2O2. The molecule has 5 heteroatoms. The lowest BCUT2D eigenvalue weighted by molar-refractivity contribution is 0.0526. The molecule has 0 amide bonds. The maximum Gasteiger partial charge on any atom is 0.338 e. The Morgan fingerprint density at radius 3 is 2.86 bits per heavy atom. The molecule has 1 aromatic rings. The third-order valence-electron chi connectivity index (χ3n) is 1.64. The van der Waals surface area contributed by atoms with Crippen LogP contribution in [0.15, 0.2) is 18.2 Å². The summed E-state index contributed by atoms with van der Waals surface area (Å²) in [6.07, 6.45) is 0. The van der Waals surface area contributed by atoms with Gasteiger partial charge in [-0.1, -0.05) is 0 Å². The van der Waals surface area contributed by atoms with E-state index in [1.165, 1.54) is 12.1 Å². The van der Waals surface area contributed by atoms with E-state index in [0.29, 0.717) is 0 Å². The highest BCUT2D eigenvalue weighted by Gasteiger charge is 2.09. The van der Waals surface area contributed by atoms with Crippen molar-refractivity contribution < 1.29 is 13.9 Å². The summed E-state index contributed by atoms with van der Waals surface area (Å²) in [7, 11) is 0. The standard InChI is InChI=1S/C9H11FN2O2/c1-2-14-9(13)6-3-4-8(12-11)7(10)5-6/h3-5,12H,2,11H2,1H3. The van der Waals surface area contributed by atoms with Crippen LogP contribution < -0.4 is 11.3 Å². The zero-order valence-corrected chi connectivity index (χ0v) is 7.71. The minimum absolute atomic E-state index is 0.137. The molecule has 0 aliphatic rings. The molecule has 0 saturated heterocycles. The Kier molecular flexibility index (Phi) is 3.41. The minimum Gasteiger partial charge on any atom is -0.462 e. The van der Waals surface area contributed by atoms with Crippen LogP contribution in [0.3, 0.4) is 0 Å². The molecule has 0 spiro atoms. The lowest BCUT2D eigenvalue weighted by Gasteiger charge is -2.04. The van der Waals surface area contributed by atoms with Crippen molar-refractivity contribution in [1.29, 1.82) is 0 Å². The van der Waals surface area contributed by atoms with Crippen molar-refractivity contribution in [3.8, 4) is 0 Å². The molecule has 0 saturated carbocycles. The van der Waals surface area contributed by atoms with Crippen molar-refractivity contribution in [2.45, 2.75) is 6.92 Å². The number of carbonyl (C=O) groups is 1. The summed E-state index contributed by atoms with van der Waals surface area (Å²) in [5, 5.41) is 0. The van der Waals surface area contributed by atoms with Crippen molar-refractivity contribution in [2.24, 2.45) is 5.84 Å².